The predicted molar refractivity (Wildman–Crippen MR) is 67.6 cm³/mol. The number of aromatic amines is 2. The van der Waals surface area contributed by atoms with E-state index in [0.717, 1.165) is 16.6 Å². The van der Waals surface area contributed by atoms with Gasteiger partial charge in [0.1, 0.15) is 0 Å². The van der Waals surface area contributed by atoms with E-state index >= 15 is 0 Å². The van der Waals surface area contributed by atoms with E-state index in [2.05, 4.69) is 15.0 Å². The SMILES string of the molecule is Cc1cccc2[nH]c(-c3cnc(C(=O)O)[nH]3)cc12. The number of carboxylic acid groups (broad SMARTS) is 1. The van der Waals surface area contributed by atoms with Gasteiger partial charge in [-0.25, -0.2) is 9.78 Å². The first-order valence-corrected chi connectivity index (χ1v) is 5.52. The lowest BCUT2D eigenvalue weighted by Gasteiger charge is -1.92. The van der Waals surface area contributed by atoms with Crippen LogP contribution in [0.25, 0.3) is 22.3 Å². The zero-order valence-electron chi connectivity index (χ0n) is 9.69. The molecule has 0 spiro atoms. The summed E-state index contributed by atoms with van der Waals surface area (Å²) in [5, 5.41) is 9.95. The molecular weight excluding hydrogens is 230 g/mol. The van der Waals surface area contributed by atoms with Crippen LogP contribution < -0.4 is 0 Å². The Morgan fingerprint density at radius 1 is 1.28 bits per heavy atom. The monoisotopic (exact) mass is 241 g/mol. The summed E-state index contributed by atoms with van der Waals surface area (Å²) in [7, 11) is 0. The first kappa shape index (κ1) is 10.6. The Bertz CT molecular complexity index is 740. The average Bonchev–Trinajstić information content (AvgIpc) is 2.95. The number of carbonyl (C=O) groups is 1. The van der Waals surface area contributed by atoms with E-state index in [1.165, 1.54) is 11.8 Å². The highest BCUT2D eigenvalue weighted by Crippen LogP contribution is 2.25. The molecule has 18 heavy (non-hydrogen) atoms. The second-order valence-corrected chi connectivity index (χ2v) is 4.17. The molecule has 5 nitrogen and oxygen atoms in total. The van der Waals surface area contributed by atoms with E-state index < -0.39 is 5.97 Å². The molecule has 0 unspecified atom stereocenters. The van der Waals surface area contributed by atoms with Gasteiger partial charge in [-0.1, -0.05) is 12.1 Å². The van der Waals surface area contributed by atoms with Gasteiger partial charge in [0.2, 0.25) is 5.82 Å². The lowest BCUT2D eigenvalue weighted by atomic mass is 10.1. The maximum Gasteiger partial charge on any atom is 0.371 e. The number of aromatic nitrogens is 3. The number of benzene rings is 1. The number of aryl methyl sites for hydroxylation is 1. The maximum atomic E-state index is 10.8. The van der Waals surface area contributed by atoms with Crippen molar-refractivity contribution in [1.82, 2.24) is 15.0 Å². The van der Waals surface area contributed by atoms with Crippen LogP contribution in [0.3, 0.4) is 0 Å². The zero-order valence-corrected chi connectivity index (χ0v) is 9.69. The van der Waals surface area contributed by atoms with Crippen molar-refractivity contribution in [2.75, 3.05) is 0 Å². The van der Waals surface area contributed by atoms with Crippen LogP contribution in [-0.4, -0.2) is 26.0 Å². The van der Waals surface area contributed by atoms with Gasteiger partial charge in [-0.2, -0.15) is 0 Å². The highest BCUT2D eigenvalue weighted by molar-refractivity contribution is 5.89. The van der Waals surface area contributed by atoms with Crippen molar-refractivity contribution in [2.24, 2.45) is 0 Å². The molecule has 90 valence electrons. The fourth-order valence-corrected chi connectivity index (χ4v) is 2.02. The Morgan fingerprint density at radius 2 is 2.11 bits per heavy atom. The molecule has 3 rings (SSSR count). The van der Waals surface area contributed by atoms with Crippen LogP contribution in [0.5, 0.6) is 0 Å². The molecule has 0 aliphatic heterocycles. The second-order valence-electron chi connectivity index (χ2n) is 4.17. The first-order chi connectivity index (χ1) is 8.65. The summed E-state index contributed by atoms with van der Waals surface area (Å²) in [6, 6.07) is 7.99. The first-order valence-electron chi connectivity index (χ1n) is 5.52. The number of imidazole rings is 1. The third-order valence-corrected chi connectivity index (χ3v) is 2.95. The van der Waals surface area contributed by atoms with E-state index in [9.17, 15) is 4.79 Å². The largest absolute Gasteiger partial charge is 0.475 e. The summed E-state index contributed by atoms with van der Waals surface area (Å²) in [5.74, 6) is -1.12. The predicted octanol–water partition coefficient (Wildman–Crippen LogP) is 2.56. The molecule has 0 radical (unpaired) electrons. The fraction of sp³-hybridized carbons (Fsp3) is 0.0769. The third kappa shape index (κ3) is 1.57. The lowest BCUT2D eigenvalue weighted by molar-refractivity contribution is 0.0685. The van der Waals surface area contributed by atoms with Gasteiger partial charge < -0.3 is 15.1 Å². The van der Waals surface area contributed by atoms with Crippen molar-refractivity contribution in [2.45, 2.75) is 6.92 Å². The van der Waals surface area contributed by atoms with Gasteiger partial charge in [0.05, 0.1) is 17.6 Å². The molecule has 0 fully saturated rings. The smallest absolute Gasteiger partial charge is 0.371 e. The fourth-order valence-electron chi connectivity index (χ4n) is 2.02. The van der Waals surface area contributed by atoms with E-state index in [4.69, 9.17) is 5.11 Å². The van der Waals surface area contributed by atoms with Crippen molar-refractivity contribution in [3.8, 4) is 11.4 Å². The van der Waals surface area contributed by atoms with Crippen molar-refractivity contribution in [1.29, 1.82) is 0 Å². The number of hydrogen-bond acceptors (Lipinski definition) is 2. The minimum atomic E-state index is -1.06. The van der Waals surface area contributed by atoms with E-state index in [0.29, 0.717) is 5.69 Å². The van der Waals surface area contributed by atoms with Crippen LogP contribution in [0.1, 0.15) is 16.2 Å². The average molecular weight is 241 g/mol. The quantitative estimate of drug-likeness (QED) is 0.644. The molecule has 3 N–H and O–H groups in total. The van der Waals surface area contributed by atoms with Gasteiger partial charge in [-0.05, 0) is 24.6 Å². The van der Waals surface area contributed by atoms with Gasteiger partial charge in [-0.15, -0.1) is 0 Å². The number of hydrogen-bond donors (Lipinski definition) is 3. The van der Waals surface area contributed by atoms with Crippen molar-refractivity contribution in [3.05, 3.63) is 41.9 Å². The molecule has 0 bridgehead atoms. The standard InChI is InChI=1S/C13H11N3O2/c1-7-3-2-4-9-8(7)5-10(15-9)11-6-14-12(16-11)13(17)18/h2-6,15H,1H3,(H,14,16)(H,17,18). The normalized spacial score (nSPS) is 10.9. The van der Waals surface area contributed by atoms with E-state index in [-0.39, 0.29) is 5.82 Å². The molecule has 0 aliphatic rings. The minimum absolute atomic E-state index is 0.0552. The van der Waals surface area contributed by atoms with Crippen LogP contribution in [0.2, 0.25) is 0 Å². The van der Waals surface area contributed by atoms with Gasteiger partial charge in [0.25, 0.3) is 0 Å². The Balaban J connectivity index is 2.13. The van der Waals surface area contributed by atoms with Crippen LogP contribution in [-0.2, 0) is 0 Å². The second kappa shape index (κ2) is 3.73. The molecule has 3 aromatic rings. The Labute approximate surface area is 102 Å². The number of carboxylic acids is 1. The summed E-state index contributed by atoms with van der Waals surface area (Å²) in [4.78, 5) is 20.6. The molecule has 0 aliphatic carbocycles. The highest BCUT2D eigenvalue weighted by Gasteiger charge is 2.11. The Hall–Kier alpha value is -2.56. The van der Waals surface area contributed by atoms with Crippen LogP contribution >= 0.6 is 0 Å². The Kier molecular flexibility index (Phi) is 2.19. The number of rotatable bonds is 2. The number of nitrogens with zero attached hydrogens (tertiary/aromatic N) is 1. The van der Waals surface area contributed by atoms with Crippen molar-refractivity contribution in [3.63, 3.8) is 0 Å². The van der Waals surface area contributed by atoms with Gasteiger partial charge in [-0.3, -0.25) is 0 Å². The molecule has 5 heteroatoms. The minimum Gasteiger partial charge on any atom is -0.475 e. The number of fused-ring (bicyclic) bond motifs is 1. The Morgan fingerprint density at radius 3 is 2.78 bits per heavy atom. The van der Waals surface area contributed by atoms with Gasteiger partial charge in [0, 0.05) is 10.9 Å². The summed E-state index contributed by atoms with van der Waals surface area (Å²) in [6.07, 6.45) is 1.52. The molecule has 0 saturated heterocycles. The molecule has 1 aromatic carbocycles. The van der Waals surface area contributed by atoms with E-state index in [1.807, 2.05) is 31.2 Å². The zero-order chi connectivity index (χ0) is 12.7. The van der Waals surface area contributed by atoms with Crippen LogP contribution in [0.4, 0.5) is 0 Å². The molecule has 2 aromatic heterocycles. The molecule has 0 saturated carbocycles. The summed E-state index contributed by atoms with van der Waals surface area (Å²) in [5.41, 5.74) is 3.70. The molecule has 2 heterocycles. The van der Waals surface area contributed by atoms with Crippen LogP contribution in [0.15, 0.2) is 30.5 Å². The highest BCUT2D eigenvalue weighted by atomic mass is 16.4. The maximum absolute atomic E-state index is 10.8. The summed E-state index contributed by atoms with van der Waals surface area (Å²) >= 11 is 0. The van der Waals surface area contributed by atoms with Gasteiger partial charge >= 0.3 is 5.97 Å². The van der Waals surface area contributed by atoms with Gasteiger partial charge in [0.15, 0.2) is 0 Å². The topological polar surface area (TPSA) is 81.8 Å². The summed E-state index contributed by atoms with van der Waals surface area (Å²) < 4.78 is 0. The van der Waals surface area contributed by atoms with E-state index in [1.54, 1.807) is 0 Å². The molecule has 0 atom stereocenters. The molecular formula is C13H11N3O2. The number of nitrogens with one attached hydrogen (secondary N) is 2. The van der Waals surface area contributed by atoms with Crippen molar-refractivity contribution >= 4 is 16.9 Å². The third-order valence-electron chi connectivity index (χ3n) is 2.95. The number of H-pyrrole nitrogens is 2. The lowest BCUT2D eigenvalue weighted by Crippen LogP contribution is -1.98. The number of aromatic carboxylic acids is 1. The van der Waals surface area contributed by atoms with Crippen LogP contribution in [0, 0.1) is 6.92 Å². The van der Waals surface area contributed by atoms with Crippen molar-refractivity contribution < 1.29 is 9.90 Å². The summed E-state index contributed by atoms with van der Waals surface area (Å²) in [6.45, 7) is 2.04. The molecule has 0 amide bonds.